The summed E-state index contributed by atoms with van der Waals surface area (Å²) < 4.78 is 0. The third-order valence-corrected chi connectivity index (χ3v) is 2.23. The van der Waals surface area contributed by atoms with Gasteiger partial charge in [-0.1, -0.05) is 5.16 Å². The molecule has 0 heterocycles. The van der Waals surface area contributed by atoms with E-state index in [4.69, 9.17) is 16.7 Å². The van der Waals surface area contributed by atoms with E-state index >= 15 is 0 Å². The van der Waals surface area contributed by atoms with Gasteiger partial charge in [-0.25, -0.2) is 0 Å². The molecule has 0 aliphatic heterocycles. The van der Waals surface area contributed by atoms with Gasteiger partial charge >= 0.3 is 0 Å². The summed E-state index contributed by atoms with van der Waals surface area (Å²) in [5, 5.41) is 14.5. The lowest BCUT2D eigenvalue weighted by atomic mass is 10.1. The minimum atomic E-state index is -0.457. The number of primary amides is 1. The van der Waals surface area contributed by atoms with E-state index in [-0.39, 0.29) is 11.9 Å². The van der Waals surface area contributed by atoms with Crippen molar-refractivity contribution in [2.75, 3.05) is 5.32 Å². The van der Waals surface area contributed by atoms with E-state index in [1.807, 2.05) is 6.92 Å². The minimum absolute atomic E-state index is 0.0188. The smallest absolute Gasteiger partial charge is 0.248 e. The van der Waals surface area contributed by atoms with Crippen LogP contribution in [0.25, 0.3) is 0 Å². The summed E-state index contributed by atoms with van der Waals surface area (Å²) in [6.45, 7) is 1.90. The number of benzene rings is 1. The first-order chi connectivity index (χ1) is 8.02. The zero-order chi connectivity index (χ0) is 12.8. The Balaban J connectivity index is 2.60. The van der Waals surface area contributed by atoms with Crippen LogP contribution in [0.1, 0.15) is 23.7 Å². The molecule has 6 N–H and O–H groups in total. The van der Waals surface area contributed by atoms with Crippen LogP contribution in [-0.4, -0.2) is 23.0 Å². The summed E-state index contributed by atoms with van der Waals surface area (Å²) in [5.41, 5.74) is 11.8. The Morgan fingerprint density at radius 3 is 2.47 bits per heavy atom. The molecule has 0 aliphatic rings. The van der Waals surface area contributed by atoms with Crippen LogP contribution >= 0.6 is 0 Å². The number of amides is 1. The molecule has 0 bridgehead atoms. The highest BCUT2D eigenvalue weighted by molar-refractivity contribution is 5.93. The fourth-order valence-electron chi connectivity index (χ4n) is 1.42. The van der Waals surface area contributed by atoms with Crippen molar-refractivity contribution in [1.29, 1.82) is 0 Å². The first kappa shape index (κ1) is 12.8. The van der Waals surface area contributed by atoms with Crippen LogP contribution in [0.4, 0.5) is 5.69 Å². The molecule has 1 unspecified atom stereocenters. The molecule has 0 saturated heterocycles. The summed E-state index contributed by atoms with van der Waals surface area (Å²) >= 11 is 0. The highest BCUT2D eigenvalue weighted by atomic mass is 16.4. The van der Waals surface area contributed by atoms with Crippen LogP contribution in [-0.2, 0) is 0 Å². The van der Waals surface area contributed by atoms with Gasteiger partial charge in [-0.2, -0.15) is 0 Å². The van der Waals surface area contributed by atoms with Crippen molar-refractivity contribution >= 4 is 17.4 Å². The topological polar surface area (TPSA) is 114 Å². The average molecular weight is 236 g/mol. The second-order valence-corrected chi connectivity index (χ2v) is 3.78. The Bertz CT molecular complexity index is 414. The van der Waals surface area contributed by atoms with Crippen molar-refractivity contribution in [3.63, 3.8) is 0 Å². The lowest BCUT2D eigenvalue weighted by Gasteiger charge is -2.14. The van der Waals surface area contributed by atoms with Crippen molar-refractivity contribution in [1.82, 2.24) is 0 Å². The van der Waals surface area contributed by atoms with Gasteiger partial charge in [0.1, 0.15) is 5.84 Å². The molecule has 0 saturated carbocycles. The van der Waals surface area contributed by atoms with Crippen molar-refractivity contribution in [3.05, 3.63) is 29.8 Å². The van der Waals surface area contributed by atoms with Gasteiger partial charge in [0.15, 0.2) is 0 Å². The highest BCUT2D eigenvalue weighted by Gasteiger charge is 2.05. The number of anilines is 1. The van der Waals surface area contributed by atoms with E-state index in [9.17, 15) is 4.79 Å². The molecule has 6 nitrogen and oxygen atoms in total. The number of oxime groups is 1. The number of amidine groups is 1. The zero-order valence-corrected chi connectivity index (χ0v) is 9.55. The second kappa shape index (κ2) is 5.74. The fraction of sp³-hybridized carbons (Fsp3) is 0.273. The SMILES string of the molecule is CC(CC(N)=NO)Nc1ccc(C(N)=O)cc1. The molecule has 0 fully saturated rings. The molecule has 17 heavy (non-hydrogen) atoms. The Hall–Kier alpha value is -2.24. The van der Waals surface area contributed by atoms with Crippen LogP contribution in [0, 0.1) is 0 Å². The van der Waals surface area contributed by atoms with E-state index in [1.54, 1.807) is 24.3 Å². The van der Waals surface area contributed by atoms with Gasteiger partial charge in [-0.3, -0.25) is 4.79 Å². The Morgan fingerprint density at radius 1 is 1.41 bits per heavy atom. The predicted octanol–water partition coefficient (Wildman–Crippen LogP) is 0.722. The average Bonchev–Trinajstić information content (AvgIpc) is 2.29. The highest BCUT2D eigenvalue weighted by Crippen LogP contribution is 2.11. The lowest BCUT2D eigenvalue weighted by molar-refractivity contribution is 0.100. The number of hydrogen-bond acceptors (Lipinski definition) is 4. The Labute approximate surface area is 99.3 Å². The normalized spacial score (nSPS) is 13.1. The molecule has 1 rings (SSSR count). The van der Waals surface area contributed by atoms with Gasteiger partial charge in [-0.05, 0) is 31.2 Å². The molecule has 1 aromatic rings. The minimum Gasteiger partial charge on any atom is -0.409 e. The molecule has 0 aliphatic carbocycles. The molecule has 1 amide bonds. The van der Waals surface area contributed by atoms with Crippen LogP contribution in [0.3, 0.4) is 0 Å². The van der Waals surface area contributed by atoms with Gasteiger partial charge in [0.2, 0.25) is 5.91 Å². The largest absolute Gasteiger partial charge is 0.409 e. The van der Waals surface area contributed by atoms with Gasteiger partial charge < -0.3 is 22.0 Å². The van der Waals surface area contributed by atoms with Gasteiger partial charge in [0, 0.05) is 23.7 Å². The van der Waals surface area contributed by atoms with E-state index in [0.29, 0.717) is 12.0 Å². The molecule has 0 spiro atoms. The third-order valence-electron chi connectivity index (χ3n) is 2.23. The number of nitrogens with zero attached hydrogens (tertiary/aromatic N) is 1. The fourth-order valence-corrected chi connectivity index (χ4v) is 1.42. The van der Waals surface area contributed by atoms with Gasteiger partial charge in [0.05, 0.1) is 0 Å². The Morgan fingerprint density at radius 2 is 2.00 bits per heavy atom. The van der Waals surface area contributed by atoms with Gasteiger partial charge in [0.25, 0.3) is 0 Å². The maximum atomic E-state index is 10.9. The summed E-state index contributed by atoms with van der Waals surface area (Å²) in [6.07, 6.45) is 0.425. The van der Waals surface area contributed by atoms with E-state index in [1.165, 1.54) is 0 Å². The first-order valence-corrected chi connectivity index (χ1v) is 5.15. The monoisotopic (exact) mass is 236 g/mol. The van der Waals surface area contributed by atoms with Crippen LogP contribution in [0.5, 0.6) is 0 Å². The molecule has 0 aromatic heterocycles. The summed E-state index contributed by atoms with van der Waals surface area (Å²) in [7, 11) is 0. The maximum Gasteiger partial charge on any atom is 0.248 e. The number of hydrogen-bond donors (Lipinski definition) is 4. The van der Waals surface area contributed by atoms with Gasteiger partial charge in [-0.15, -0.1) is 0 Å². The van der Waals surface area contributed by atoms with Crippen molar-refractivity contribution in [3.8, 4) is 0 Å². The number of rotatable bonds is 5. The number of carbonyl (C=O) groups is 1. The molecule has 92 valence electrons. The van der Waals surface area contributed by atoms with Crippen LogP contribution in [0.2, 0.25) is 0 Å². The van der Waals surface area contributed by atoms with E-state index in [2.05, 4.69) is 10.5 Å². The molecule has 0 radical (unpaired) electrons. The first-order valence-electron chi connectivity index (χ1n) is 5.15. The number of nitrogens with two attached hydrogens (primary N) is 2. The molecular formula is C11H16N4O2. The van der Waals surface area contributed by atoms with Crippen LogP contribution in [0.15, 0.2) is 29.4 Å². The van der Waals surface area contributed by atoms with E-state index in [0.717, 1.165) is 5.69 Å². The second-order valence-electron chi connectivity index (χ2n) is 3.78. The zero-order valence-electron chi connectivity index (χ0n) is 9.55. The third kappa shape index (κ3) is 4.02. The van der Waals surface area contributed by atoms with Crippen molar-refractivity contribution in [2.45, 2.75) is 19.4 Å². The Kier molecular flexibility index (Phi) is 4.33. The lowest BCUT2D eigenvalue weighted by Crippen LogP contribution is -2.24. The number of carbonyl (C=O) groups excluding carboxylic acids is 1. The predicted molar refractivity (Wildman–Crippen MR) is 66.1 cm³/mol. The van der Waals surface area contributed by atoms with E-state index < -0.39 is 5.91 Å². The van der Waals surface area contributed by atoms with Crippen LogP contribution < -0.4 is 16.8 Å². The summed E-state index contributed by atoms with van der Waals surface area (Å²) in [6, 6.07) is 6.80. The van der Waals surface area contributed by atoms with Crippen molar-refractivity contribution in [2.24, 2.45) is 16.6 Å². The molecule has 1 atom stereocenters. The molecule has 1 aromatic carbocycles. The summed E-state index contributed by atoms with van der Waals surface area (Å²) in [5.74, 6) is -0.292. The quantitative estimate of drug-likeness (QED) is 0.261. The summed E-state index contributed by atoms with van der Waals surface area (Å²) in [4.78, 5) is 10.9. The molecule has 6 heteroatoms. The van der Waals surface area contributed by atoms with Crippen molar-refractivity contribution < 1.29 is 10.0 Å². The maximum absolute atomic E-state index is 10.9. The molecular weight excluding hydrogens is 220 g/mol. The number of nitrogens with one attached hydrogen (secondary N) is 1. The standard InChI is InChI=1S/C11H16N4O2/c1-7(6-10(12)15-17)14-9-4-2-8(3-5-9)11(13)16/h2-5,7,14,17H,6H2,1H3,(H2,12,15)(H2,13,16).